The van der Waals surface area contributed by atoms with Crippen LogP contribution in [0.1, 0.15) is 310 Å². The monoisotopic (exact) mass is 1450 g/mol. The van der Waals surface area contributed by atoms with Crippen LogP contribution >= 0.6 is 0 Å². The molecule has 4 aliphatic heterocycles. The molecule has 4 aliphatic carbocycles. The number of rotatable bonds is 5. The van der Waals surface area contributed by atoms with Crippen molar-refractivity contribution >= 4 is 102 Å². The Hall–Kier alpha value is -7.90. The molecule has 6 heterocycles. The lowest BCUT2D eigenvalue weighted by atomic mass is 9.35. The molecule has 0 N–H and O–H groups in total. The Kier molecular flexibility index (Phi) is 16.2. The average molecular weight is 1450 g/mol. The summed E-state index contributed by atoms with van der Waals surface area (Å²) in [7, 11) is 0. The van der Waals surface area contributed by atoms with Gasteiger partial charge >= 0.3 is 0 Å². The van der Waals surface area contributed by atoms with Crippen LogP contribution in [-0.2, 0) is 54.1 Å². The third-order valence-electron chi connectivity index (χ3n) is 29.9. The second kappa shape index (κ2) is 23.8. The van der Waals surface area contributed by atoms with Crippen molar-refractivity contribution in [3.05, 3.63) is 206 Å². The highest BCUT2D eigenvalue weighted by molar-refractivity contribution is 7.00. The normalized spacial score (nSPS) is 23.8. The van der Waals surface area contributed by atoms with Crippen molar-refractivity contribution in [2.75, 3.05) is 19.6 Å². The molecule has 8 aliphatic rings. The van der Waals surface area contributed by atoms with Gasteiger partial charge in [0.25, 0.3) is 6.71 Å². The Labute approximate surface area is 655 Å². The summed E-state index contributed by atoms with van der Waals surface area (Å²) < 4.78 is 14.1. The molecule has 0 spiro atoms. The molecule has 0 amide bonds. The third-order valence-corrected chi connectivity index (χ3v) is 29.9. The summed E-state index contributed by atoms with van der Waals surface area (Å²) in [6.07, 6.45) is 16.6. The minimum atomic E-state index is -0.0336. The lowest BCUT2D eigenvalue weighted by Gasteiger charge is -2.52. The van der Waals surface area contributed by atoms with E-state index in [-0.39, 0.29) is 71.9 Å². The number of hydrogen-bond donors (Lipinski definition) is 0. The Bertz CT molecular complexity index is 5390. The lowest BCUT2D eigenvalue weighted by molar-refractivity contribution is 0.195. The Morgan fingerprint density at radius 2 is 0.853 bits per heavy atom. The lowest BCUT2D eigenvalue weighted by Crippen LogP contribution is -2.64. The molecule has 109 heavy (non-hydrogen) atoms. The van der Waals surface area contributed by atoms with Gasteiger partial charge in [-0.15, -0.1) is 0 Å². The number of fused-ring (bicyclic) bond motifs is 15. The molecule has 0 saturated heterocycles. The van der Waals surface area contributed by atoms with Crippen LogP contribution in [0.3, 0.4) is 0 Å². The van der Waals surface area contributed by atoms with Crippen molar-refractivity contribution in [1.82, 2.24) is 0 Å². The van der Waals surface area contributed by atoms with Crippen LogP contribution in [-0.4, -0.2) is 17.8 Å². The predicted molar refractivity (Wildman–Crippen MR) is 467 cm³/mol. The van der Waals surface area contributed by atoms with Crippen LogP contribution in [0.4, 0.5) is 56.9 Å². The van der Waals surface area contributed by atoms with Crippen LogP contribution in [0.5, 0.6) is 0 Å². The summed E-state index contributed by atoms with van der Waals surface area (Å²) in [5, 5.41) is 2.42. The van der Waals surface area contributed by atoms with Crippen molar-refractivity contribution < 1.29 is 8.83 Å². The van der Waals surface area contributed by atoms with Crippen LogP contribution in [0.2, 0.25) is 0 Å². The zero-order valence-corrected chi connectivity index (χ0v) is 71.4. The number of nitrogens with zero attached hydrogens (tertiary/aromatic N) is 4. The largest absolute Gasteiger partial charge is 0.468 e. The fraction of sp³-hybridized carbons (Fsp3) is 0.490. The Morgan fingerprint density at radius 3 is 1.42 bits per heavy atom. The number of hydrogen-bond acceptors (Lipinski definition) is 6. The number of benzene rings is 8. The zero-order chi connectivity index (χ0) is 77.8. The van der Waals surface area contributed by atoms with E-state index in [9.17, 15) is 0 Å². The summed E-state index contributed by atoms with van der Waals surface area (Å²) in [5.41, 5.74) is 36.3. The molecule has 10 aromatic rings. The van der Waals surface area contributed by atoms with Crippen molar-refractivity contribution in [2.24, 2.45) is 0 Å². The SMILES string of the molecule is Cc1cc(N(c2ccc(C(C)(C)C)cc2)c2coc3cc4c(cc23)C(C)(C)CCC4(C)C)cc(N2c3ccc(C(C)(C)C)cc3C3(C)CCCCC23C)c1.Cc1cc2c3c(c1)N1c4c(cc(C(C)(C)C)cc4C4(C)CCCCC14C)B3c1oc3cc4c(cc3c1N2c1ccc(C(C)(C)C)cc1)C(C)(C)CCC4(C)C. The molecule has 7 heteroatoms. The first-order chi connectivity index (χ1) is 50.8. The fourth-order valence-electron chi connectivity index (χ4n) is 22.2. The zero-order valence-electron chi connectivity index (χ0n) is 71.4. The number of aryl methyl sites for hydroxylation is 2. The van der Waals surface area contributed by atoms with Crippen molar-refractivity contribution in [1.29, 1.82) is 0 Å². The van der Waals surface area contributed by atoms with Crippen LogP contribution in [0.25, 0.3) is 21.9 Å². The van der Waals surface area contributed by atoms with Gasteiger partial charge in [0.1, 0.15) is 17.4 Å². The van der Waals surface area contributed by atoms with Crippen LogP contribution in [0, 0.1) is 13.8 Å². The van der Waals surface area contributed by atoms with E-state index in [0.29, 0.717) is 0 Å². The van der Waals surface area contributed by atoms with Crippen LogP contribution < -0.4 is 36.2 Å². The Morgan fingerprint density at radius 1 is 0.376 bits per heavy atom. The maximum atomic E-state index is 7.51. The van der Waals surface area contributed by atoms with Gasteiger partial charge in [-0.05, 0) is 285 Å². The second-order valence-corrected chi connectivity index (χ2v) is 43.2. The number of furan rings is 2. The van der Waals surface area contributed by atoms with Crippen molar-refractivity contribution in [2.45, 2.75) is 322 Å². The molecule has 4 unspecified atom stereocenters. The van der Waals surface area contributed by atoms with Gasteiger partial charge in [0.15, 0.2) is 0 Å². The van der Waals surface area contributed by atoms with Gasteiger partial charge in [0, 0.05) is 67.1 Å². The van der Waals surface area contributed by atoms with Gasteiger partial charge in [-0.3, -0.25) is 0 Å². The molecule has 6 nitrogen and oxygen atoms in total. The van der Waals surface area contributed by atoms with Crippen molar-refractivity contribution in [3.8, 4) is 0 Å². The van der Waals surface area contributed by atoms with Crippen molar-refractivity contribution in [3.63, 3.8) is 0 Å². The topological polar surface area (TPSA) is 39.2 Å². The first-order valence-corrected chi connectivity index (χ1v) is 42.0. The molecule has 0 radical (unpaired) electrons. The second-order valence-electron chi connectivity index (χ2n) is 43.2. The predicted octanol–water partition coefficient (Wildman–Crippen LogP) is 26.9. The van der Waals surface area contributed by atoms with E-state index in [1.165, 1.54) is 200 Å². The molecular weight excluding hydrogens is 1320 g/mol. The number of anilines is 10. The molecule has 4 atom stereocenters. The van der Waals surface area contributed by atoms with Gasteiger partial charge in [0.05, 0.1) is 28.1 Å². The van der Waals surface area contributed by atoms with E-state index >= 15 is 0 Å². The molecule has 2 fully saturated rings. The van der Waals surface area contributed by atoms with Gasteiger partial charge in [-0.2, -0.15) is 0 Å². The molecular formula is C102H125BN4O2. The van der Waals surface area contributed by atoms with E-state index in [1.807, 2.05) is 6.26 Å². The van der Waals surface area contributed by atoms with Gasteiger partial charge in [-0.1, -0.05) is 227 Å². The molecule has 0 bridgehead atoms. The summed E-state index contributed by atoms with van der Waals surface area (Å²) in [5.74, 6) is 0. The molecule has 8 aromatic carbocycles. The summed E-state index contributed by atoms with van der Waals surface area (Å²) in [6, 6.07) is 53.3. The molecule has 2 saturated carbocycles. The van der Waals surface area contributed by atoms with Gasteiger partial charge in [-0.25, -0.2) is 0 Å². The van der Waals surface area contributed by atoms with E-state index in [4.69, 9.17) is 8.83 Å². The standard InChI is InChI=1S/C51H61BN2O.C51H64N2O/c1-30-24-39-42-40(25-30)54-44-37(50(12)20-14-15-21-51(50,54)13)26-32(47(5,6)7)27-38(44)52(42)45-43(53(39)33-18-16-31(17-19-33)46(2,3)4)34-28-35-36(29-41(34)55-45)49(10,11)23-22-48(35,8)9;1-33-26-37(29-38(27-33)53-43-21-18-35(47(5,6)7)28-42(43)50(12)22-14-15-23-51(50,53)13)52(36-19-16-34(17-20-36)46(2,3)4)44-32-54-45-31-41-40(30-39(44)45)48(8,9)24-25-49(41,10)11/h16-19,24-29H,14-15,20-23H2,1-13H3;16-21,26-32H,14-15,22-25H2,1-13H3. The first-order valence-electron chi connectivity index (χ1n) is 42.0. The molecule has 568 valence electrons. The van der Waals surface area contributed by atoms with Gasteiger partial charge < -0.3 is 28.4 Å². The smallest absolute Gasteiger partial charge is 0.297 e. The summed E-state index contributed by atoms with van der Waals surface area (Å²) in [6.45, 7) is 62.3. The summed E-state index contributed by atoms with van der Waals surface area (Å²) >= 11 is 0. The third kappa shape index (κ3) is 11.0. The van der Waals surface area contributed by atoms with E-state index < -0.39 is 0 Å². The quantitative estimate of drug-likeness (QED) is 0.160. The summed E-state index contributed by atoms with van der Waals surface area (Å²) in [4.78, 5) is 10.6. The first kappa shape index (κ1) is 73.9. The fourth-order valence-corrected chi connectivity index (χ4v) is 22.2. The van der Waals surface area contributed by atoms with Crippen LogP contribution in [0.15, 0.2) is 149 Å². The molecule has 2 aromatic heterocycles. The highest BCUT2D eigenvalue weighted by Gasteiger charge is 2.63. The Balaban J connectivity index is 0.000000159. The highest BCUT2D eigenvalue weighted by atomic mass is 16.3. The minimum absolute atomic E-state index is 0.00389. The van der Waals surface area contributed by atoms with E-state index in [2.05, 4.69) is 333 Å². The average Bonchev–Trinajstić information content (AvgIpc) is 1.51. The highest BCUT2D eigenvalue weighted by Crippen LogP contribution is 2.65. The minimum Gasteiger partial charge on any atom is -0.468 e. The maximum Gasteiger partial charge on any atom is 0.297 e. The molecule has 18 rings (SSSR count). The van der Waals surface area contributed by atoms with E-state index in [0.717, 1.165) is 33.9 Å². The van der Waals surface area contributed by atoms with E-state index in [1.54, 1.807) is 5.56 Å². The maximum absolute atomic E-state index is 7.51. The van der Waals surface area contributed by atoms with Gasteiger partial charge in [0.2, 0.25) is 0 Å².